The average molecular weight is 281 g/mol. The molecule has 0 spiro atoms. The molecule has 1 nitrogen and oxygen atoms in total. The minimum Gasteiger partial charge on any atom is -0.373 e. The fourth-order valence-corrected chi connectivity index (χ4v) is 2.85. The Labute approximate surface area is 116 Å². The van der Waals surface area contributed by atoms with Gasteiger partial charge in [-0.3, -0.25) is 0 Å². The van der Waals surface area contributed by atoms with E-state index in [0.717, 1.165) is 11.3 Å². The highest BCUT2D eigenvalue weighted by molar-refractivity contribution is 7.12. The molecule has 1 atom stereocenters. The van der Waals surface area contributed by atoms with Gasteiger partial charge in [0, 0.05) is 9.75 Å². The van der Waals surface area contributed by atoms with Crippen molar-refractivity contribution < 1.29 is 8.78 Å². The van der Waals surface area contributed by atoms with E-state index in [0.29, 0.717) is 5.56 Å². The molecule has 2 aromatic rings. The largest absolute Gasteiger partial charge is 0.373 e. The Balaban J connectivity index is 2.23. The predicted molar refractivity (Wildman–Crippen MR) is 76.8 cm³/mol. The molecule has 0 radical (unpaired) electrons. The molecule has 1 unspecified atom stereocenters. The average Bonchev–Trinajstić information content (AvgIpc) is 2.88. The predicted octanol–water partition coefficient (Wildman–Crippen LogP) is 5.07. The highest BCUT2D eigenvalue weighted by atomic mass is 32.1. The monoisotopic (exact) mass is 281 g/mol. The molecule has 0 aliphatic carbocycles. The van der Waals surface area contributed by atoms with Crippen LogP contribution in [0.5, 0.6) is 0 Å². The number of thiophene rings is 1. The summed E-state index contributed by atoms with van der Waals surface area (Å²) >= 11 is 1.67. The minimum atomic E-state index is -0.553. The van der Waals surface area contributed by atoms with Crippen LogP contribution in [0.25, 0.3) is 0 Å². The van der Waals surface area contributed by atoms with Crippen molar-refractivity contribution in [1.29, 1.82) is 0 Å². The maximum absolute atomic E-state index is 13.9. The molecule has 0 saturated carbocycles. The van der Waals surface area contributed by atoms with Gasteiger partial charge in [0.25, 0.3) is 0 Å². The summed E-state index contributed by atoms with van der Waals surface area (Å²) in [5.41, 5.74) is 0.399. The molecule has 0 aliphatic rings. The van der Waals surface area contributed by atoms with Gasteiger partial charge in [0.05, 0.1) is 6.04 Å². The molecule has 0 bridgehead atoms. The summed E-state index contributed by atoms with van der Waals surface area (Å²) in [6, 6.07) is 6.68. The molecular weight excluding hydrogens is 264 g/mol. The second-order valence-electron chi connectivity index (χ2n) is 4.58. The molecule has 0 saturated heterocycles. The first-order chi connectivity index (χ1) is 9.02. The summed E-state index contributed by atoms with van der Waals surface area (Å²) in [6.07, 6.45) is 0.977. The Morgan fingerprint density at radius 1 is 1.21 bits per heavy atom. The fraction of sp³-hybridized carbons (Fsp3) is 0.333. The molecule has 0 aliphatic heterocycles. The summed E-state index contributed by atoms with van der Waals surface area (Å²) in [4.78, 5) is 2.35. The Morgan fingerprint density at radius 2 is 1.95 bits per heavy atom. The normalized spacial score (nSPS) is 12.5. The molecule has 1 aromatic heterocycles. The zero-order valence-electron chi connectivity index (χ0n) is 11.3. The van der Waals surface area contributed by atoms with Gasteiger partial charge in [0.1, 0.15) is 11.5 Å². The lowest BCUT2D eigenvalue weighted by Gasteiger charge is -2.16. The Bertz CT molecular complexity index is 578. The van der Waals surface area contributed by atoms with Crippen molar-refractivity contribution in [2.24, 2.45) is 0 Å². The van der Waals surface area contributed by atoms with Crippen molar-refractivity contribution in [1.82, 2.24) is 0 Å². The standard InChI is InChI=1S/C15H17F2NS/c1-4-11-6-8-13(19-11)10(3)18-15-12(16)7-5-9(2)14(15)17/h5-8,10,18H,4H2,1-3H3. The molecule has 102 valence electrons. The fourth-order valence-electron chi connectivity index (χ4n) is 1.89. The third-order valence-electron chi connectivity index (χ3n) is 3.10. The quantitative estimate of drug-likeness (QED) is 0.825. The summed E-state index contributed by atoms with van der Waals surface area (Å²) in [5.74, 6) is -1.07. The van der Waals surface area contributed by atoms with E-state index in [1.807, 2.05) is 13.0 Å². The van der Waals surface area contributed by atoms with Crippen molar-refractivity contribution in [3.05, 3.63) is 51.2 Å². The molecule has 0 amide bonds. The highest BCUT2D eigenvalue weighted by Gasteiger charge is 2.15. The lowest BCUT2D eigenvalue weighted by atomic mass is 10.1. The number of aryl methyl sites for hydroxylation is 2. The minimum absolute atomic E-state index is 0.0426. The highest BCUT2D eigenvalue weighted by Crippen LogP contribution is 2.29. The van der Waals surface area contributed by atoms with Crippen LogP contribution in [0.1, 0.15) is 35.2 Å². The van der Waals surface area contributed by atoms with Crippen LogP contribution in [0.3, 0.4) is 0 Å². The second kappa shape index (κ2) is 5.70. The van der Waals surface area contributed by atoms with Gasteiger partial charge in [0.15, 0.2) is 5.82 Å². The van der Waals surface area contributed by atoms with Gasteiger partial charge >= 0.3 is 0 Å². The van der Waals surface area contributed by atoms with Gasteiger partial charge in [-0.15, -0.1) is 11.3 Å². The van der Waals surface area contributed by atoms with Crippen LogP contribution in [0.4, 0.5) is 14.5 Å². The number of anilines is 1. The van der Waals surface area contributed by atoms with Crippen molar-refractivity contribution in [3.8, 4) is 0 Å². The summed E-state index contributed by atoms with van der Waals surface area (Å²) in [6.45, 7) is 5.63. The topological polar surface area (TPSA) is 12.0 Å². The SMILES string of the molecule is CCc1ccc(C(C)Nc2c(F)ccc(C)c2F)s1. The lowest BCUT2D eigenvalue weighted by Crippen LogP contribution is -2.09. The summed E-state index contributed by atoms with van der Waals surface area (Å²) < 4.78 is 27.6. The molecule has 1 aromatic carbocycles. The molecule has 4 heteroatoms. The van der Waals surface area contributed by atoms with E-state index in [1.165, 1.54) is 17.0 Å². The van der Waals surface area contributed by atoms with Gasteiger partial charge in [-0.1, -0.05) is 13.0 Å². The molecule has 19 heavy (non-hydrogen) atoms. The van der Waals surface area contributed by atoms with Crippen molar-refractivity contribution in [2.45, 2.75) is 33.2 Å². The lowest BCUT2D eigenvalue weighted by molar-refractivity contribution is 0.579. The zero-order chi connectivity index (χ0) is 14.0. The van der Waals surface area contributed by atoms with Gasteiger partial charge in [-0.25, -0.2) is 8.78 Å². The number of hydrogen-bond acceptors (Lipinski definition) is 2. The number of benzene rings is 1. The third kappa shape index (κ3) is 2.95. The summed E-state index contributed by atoms with van der Waals surface area (Å²) in [7, 11) is 0. The van der Waals surface area contributed by atoms with E-state index in [2.05, 4.69) is 18.3 Å². The zero-order valence-corrected chi connectivity index (χ0v) is 12.1. The van der Waals surface area contributed by atoms with Crippen LogP contribution < -0.4 is 5.32 Å². The second-order valence-corrected chi connectivity index (χ2v) is 5.78. The van der Waals surface area contributed by atoms with E-state index < -0.39 is 11.6 Å². The molecule has 1 N–H and O–H groups in total. The third-order valence-corrected chi connectivity index (χ3v) is 4.52. The van der Waals surface area contributed by atoms with E-state index in [9.17, 15) is 8.78 Å². The molecular formula is C15H17F2NS. The van der Waals surface area contributed by atoms with Gasteiger partial charge in [0.2, 0.25) is 0 Å². The molecule has 1 heterocycles. The van der Waals surface area contributed by atoms with Gasteiger partial charge in [-0.05, 0) is 44.0 Å². The van der Waals surface area contributed by atoms with E-state index in [1.54, 1.807) is 18.3 Å². The Morgan fingerprint density at radius 3 is 2.58 bits per heavy atom. The first-order valence-electron chi connectivity index (χ1n) is 6.32. The van der Waals surface area contributed by atoms with Crippen molar-refractivity contribution in [3.63, 3.8) is 0 Å². The van der Waals surface area contributed by atoms with E-state index in [-0.39, 0.29) is 11.7 Å². The molecule has 0 fully saturated rings. The Kier molecular flexibility index (Phi) is 4.20. The smallest absolute Gasteiger partial charge is 0.152 e. The number of rotatable bonds is 4. The number of halogens is 2. The van der Waals surface area contributed by atoms with Crippen LogP contribution in [0, 0.1) is 18.6 Å². The van der Waals surface area contributed by atoms with Crippen LogP contribution >= 0.6 is 11.3 Å². The van der Waals surface area contributed by atoms with Crippen LogP contribution in [-0.2, 0) is 6.42 Å². The summed E-state index contributed by atoms with van der Waals surface area (Å²) in [5, 5.41) is 2.93. The van der Waals surface area contributed by atoms with Crippen LogP contribution in [-0.4, -0.2) is 0 Å². The van der Waals surface area contributed by atoms with Crippen LogP contribution in [0.2, 0.25) is 0 Å². The number of hydrogen-bond donors (Lipinski definition) is 1. The molecule has 2 rings (SSSR count). The van der Waals surface area contributed by atoms with Crippen molar-refractivity contribution >= 4 is 17.0 Å². The van der Waals surface area contributed by atoms with E-state index in [4.69, 9.17) is 0 Å². The first kappa shape index (κ1) is 14.0. The maximum Gasteiger partial charge on any atom is 0.152 e. The van der Waals surface area contributed by atoms with E-state index >= 15 is 0 Å². The Hall–Kier alpha value is -1.42. The van der Waals surface area contributed by atoms with Gasteiger partial charge in [-0.2, -0.15) is 0 Å². The van der Waals surface area contributed by atoms with Gasteiger partial charge < -0.3 is 5.32 Å². The van der Waals surface area contributed by atoms with Crippen molar-refractivity contribution in [2.75, 3.05) is 5.32 Å². The first-order valence-corrected chi connectivity index (χ1v) is 7.14. The number of nitrogens with one attached hydrogen (secondary N) is 1. The maximum atomic E-state index is 13.9. The van der Waals surface area contributed by atoms with Crippen LogP contribution in [0.15, 0.2) is 24.3 Å².